The molecular formula is C15H22O5. The molecule has 0 radical (unpaired) electrons. The zero-order valence-electron chi connectivity index (χ0n) is 11.7. The number of hydrogen-bond acceptors (Lipinski definition) is 5. The maximum absolute atomic E-state index is 11.7. The molecule has 0 bridgehead atoms. The highest BCUT2D eigenvalue weighted by Gasteiger charge is 2.11. The first kappa shape index (κ1) is 16.5. The molecule has 0 aliphatic carbocycles. The van der Waals surface area contributed by atoms with Gasteiger partial charge in [-0.05, 0) is 37.5 Å². The lowest BCUT2D eigenvalue weighted by molar-refractivity contribution is -0.121. The maximum Gasteiger partial charge on any atom is 0.161 e. The number of aryl methyl sites for hydroxylation is 1. The maximum atomic E-state index is 11.7. The number of aliphatic hydroxyl groups excluding tert-OH is 2. The van der Waals surface area contributed by atoms with Gasteiger partial charge in [0.05, 0.1) is 12.7 Å². The highest BCUT2D eigenvalue weighted by Crippen LogP contribution is 2.27. The highest BCUT2D eigenvalue weighted by atomic mass is 16.5. The number of carbonyl (C=O) groups is 1. The molecule has 112 valence electrons. The molecule has 0 spiro atoms. The Balaban J connectivity index is 2.49. The Labute approximate surface area is 118 Å². The van der Waals surface area contributed by atoms with Crippen LogP contribution < -0.4 is 4.74 Å². The van der Waals surface area contributed by atoms with E-state index in [2.05, 4.69) is 0 Å². The largest absolute Gasteiger partial charge is 0.504 e. The van der Waals surface area contributed by atoms with E-state index < -0.39 is 6.10 Å². The lowest BCUT2D eigenvalue weighted by Crippen LogP contribution is -2.15. The first-order valence-corrected chi connectivity index (χ1v) is 6.82. The molecule has 20 heavy (non-hydrogen) atoms. The van der Waals surface area contributed by atoms with Crippen LogP contribution in [0.1, 0.15) is 31.7 Å². The van der Waals surface area contributed by atoms with Crippen molar-refractivity contribution in [3.63, 3.8) is 0 Å². The van der Waals surface area contributed by atoms with Crippen molar-refractivity contribution >= 4 is 5.78 Å². The Bertz CT molecular complexity index is 430. The van der Waals surface area contributed by atoms with Gasteiger partial charge in [0.2, 0.25) is 0 Å². The minimum Gasteiger partial charge on any atom is -0.504 e. The molecule has 0 heterocycles. The fourth-order valence-electron chi connectivity index (χ4n) is 1.88. The van der Waals surface area contributed by atoms with Gasteiger partial charge in [-0.1, -0.05) is 6.07 Å². The van der Waals surface area contributed by atoms with Crippen molar-refractivity contribution in [1.82, 2.24) is 0 Å². The first-order valence-electron chi connectivity index (χ1n) is 6.82. The van der Waals surface area contributed by atoms with Crippen molar-refractivity contribution in [2.75, 3.05) is 13.2 Å². The van der Waals surface area contributed by atoms with E-state index in [1.54, 1.807) is 18.2 Å². The van der Waals surface area contributed by atoms with Crippen molar-refractivity contribution in [2.45, 2.75) is 38.7 Å². The second-order valence-corrected chi connectivity index (χ2v) is 4.64. The molecular weight excluding hydrogens is 260 g/mol. The monoisotopic (exact) mass is 282 g/mol. The van der Waals surface area contributed by atoms with E-state index in [0.29, 0.717) is 25.2 Å². The first-order chi connectivity index (χ1) is 9.56. The van der Waals surface area contributed by atoms with Crippen LogP contribution in [0.3, 0.4) is 0 Å². The number of hydrogen-bond donors (Lipinski definition) is 3. The molecule has 1 rings (SSSR count). The molecule has 0 fully saturated rings. The Morgan fingerprint density at radius 1 is 1.40 bits per heavy atom. The molecule has 1 atom stereocenters. The van der Waals surface area contributed by atoms with Crippen molar-refractivity contribution in [3.05, 3.63) is 23.8 Å². The Hall–Kier alpha value is -1.59. The zero-order valence-corrected chi connectivity index (χ0v) is 11.7. The van der Waals surface area contributed by atoms with Crippen LogP contribution in [0.4, 0.5) is 0 Å². The molecule has 0 aromatic heterocycles. The summed E-state index contributed by atoms with van der Waals surface area (Å²) >= 11 is 0. The van der Waals surface area contributed by atoms with Crippen LogP contribution >= 0.6 is 0 Å². The SMILES string of the molecule is CCOc1cc(CCC(=O)CC(O)CCO)ccc1O. The predicted octanol–water partition coefficient (Wildman–Crippen LogP) is 1.43. The summed E-state index contributed by atoms with van der Waals surface area (Å²) in [6.45, 7) is 2.17. The van der Waals surface area contributed by atoms with E-state index in [1.165, 1.54) is 0 Å². The molecule has 0 saturated carbocycles. The van der Waals surface area contributed by atoms with Gasteiger partial charge >= 0.3 is 0 Å². The smallest absolute Gasteiger partial charge is 0.161 e. The number of ether oxygens (including phenoxy) is 1. The molecule has 1 unspecified atom stereocenters. The molecule has 1 aromatic carbocycles. The number of Topliss-reactive ketones (excluding diaryl/α,β-unsaturated/α-hetero) is 1. The molecule has 5 heteroatoms. The van der Waals surface area contributed by atoms with Gasteiger partial charge in [0.1, 0.15) is 5.78 Å². The number of carbonyl (C=O) groups excluding carboxylic acids is 1. The molecule has 0 aliphatic rings. The van der Waals surface area contributed by atoms with Crippen molar-refractivity contribution in [1.29, 1.82) is 0 Å². The molecule has 3 N–H and O–H groups in total. The lowest BCUT2D eigenvalue weighted by atomic mass is 10.0. The third-order valence-corrected chi connectivity index (χ3v) is 2.94. The van der Waals surface area contributed by atoms with Gasteiger partial charge in [0, 0.05) is 19.4 Å². The number of benzene rings is 1. The number of phenols is 1. The molecule has 1 aromatic rings. The quantitative estimate of drug-likeness (QED) is 0.637. The second kappa shape index (κ2) is 8.55. The summed E-state index contributed by atoms with van der Waals surface area (Å²) in [5.41, 5.74) is 0.899. The third kappa shape index (κ3) is 5.59. The Kier molecular flexibility index (Phi) is 7.04. The van der Waals surface area contributed by atoms with Crippen LogP contribution in [0.25, 0.3) is 0 Å². The van der Waals surface area contributed by atoms with Gasteiger partial charge < -0.3 is 20.1 Å². The van der Waals surface area contributed by atoms with Gasteiger partial charge in [-0.2, -0.15) is 0 Å². The predicted molar refractivity (Wildman–Crippen MR) is 74.9 cm³/mol. The summed E-state index contributed by atoms with van der Waals surface area (Å²) in [7, 11) is 0. The number of aromatic hydroxyl groups is 1. The van der Waals surface area contributed by atoms with Crippen LogP contribution in [0.15, 0.2) is 18.2 Å². The van der Waals surface area contributed by atoms with Crippen LogP contribution in [-0.4, -0.2) is 40.4 Å². The van der Waals surface area contributed by atoms with Crippen molar-refractivity contribution < 1.29 is 24.9 Å². The zero-order chi connectivity index (χ0) is 15.0. The van der Waals surface area contributed by atoms with E-state index in [0.717, 1.165) is 5.56 Å². The number of rotatable bonds is 9. The van der Waals surface area contributed by atoms with Crippen LogP contribution in [0.2, 0.25) is 0 Å². The standard InChI is InChI=1S/C15H22O5/c1-2-20-15-9-11(4-6-14(15)19)3-5-12(17)10-13(18)7-8-16/h4,6,9,13,16,18-19H,2-3,5,7-8,10H2,1H3. The normalized spacial score (nSPS) is 12.2. The summed E-state index contributed by atoms with van der Waals surface area (Å²) in [6.07, 6.45) is 0.367. The molecule has 0 aliphatic heterocycles. The highest BCUT2D eigenvalue weighted by molar-refractivity contribution is 5.79. The van der Waals surface area contributed by atoms with E-state index in [-0.39, 0.29) is 31.0 Å². The van der Waals surface area contributed by atoms with E-state index >= 15 is 0 Å². The average Bonchev–Trinajstić information content (AvgIpc) is 2.40. The Morgan fingerprint density at radius 3 is 2.80 bits per heavy atom. The second-order valence-electron chi connectivity index (χ2n) is 4.64. The van der Waals surface area contributed by atoms with Crippen LogP contribution in [0, 0.1) is 0 Å². The molecule has 5 nitrogen and oxygen atoms in total. The minimum absolute atomic E-state index is 0.0445. The summed E-state index contributed by atoms with van der Waals surface area (Å²) < 4.78 is 5.28. The third-order valence-electron chi connectivity index (χ3n) is 2.94. The van der Waals surface area contributed by atoms with Gasteiger partial charge in [0.25, 0.3) is 0 Å². The van der Waals surface area contributed by atoms with E-state index in [1.807, 2.05) is 6.92 Å². The fourth-order valence-corrected chi connectivity index (χ4v) is 1.88. The average molecular weight is 282 g/mol. The molecule has 0 amide bonds. The summed E-state index contributed by atoms with van der Waals surface area (Å²) in [6, 6.07) is 5.01. The molecule has 0 saturated heterocycles. The summed E-state index contributed by atoms with van der Waals surface area (Å²) in [4.78, 5) is 11.7. The summed E-state index contributed by atoms with van der Waals surface area (Å²) in [5, 5.41) is 27.7. The number of phenolic OH excluding ortho intramolecular Hbond substituents is 1. The van der Waals surface area contributed by atoms with Gasteiger partial charge in [-0.3, -0.25) is 4.79 Å². The summed E-state index contributed by atoms with van der Waals surface area (Å²) in [5.74, 6) is 0.454. The van der Waals surface area contributed by atoms with Crippen molar-refractivity contribution in [3.8, 4) is 11.5 Å². The lowest BCUT2D eigenvalue weighted by Gasteiger charge is -2.09. The van der Waals surface area contributed by atoms with E-state index in [9.17, 15) is 15.0 Å². The minimum atomic E-state index is -0.772. The van der Waals surface area contributed by atoms with Gasteiger partial charge in [-0.15, -0.1) is 0 Å². The number of aliphatic hydroxyl groups is 2. The van der Waals surface area contributed by atoms with E-state index in [4.69, 9.17) is 9.84 Å². The fraction of sp³-hybridized carbons (Fsp3) is 0.533. The van der Waals surface area contributed by atoms with Gasteiger partial charge in [0.15, 0.2) is 11.5 Å². The topological polar surface area (TPSA) is 87.0 Å². The van der Waals surface area contributed by atoms with Crippen LogP contribution in [-0.2, 0) is 11.2 Å². The Morgan fingerprint density at radius 2 is 2.15 bits per heavy atom. The van der Waals surface area contributed by atoms with Crippen molar-refractivity contribution in [2.24, 2.45) is 0 Å². The van der Waals surface area contributed by atoms with Crippen LogP contribution in [0.5, 0.6) is 11.5 Å². The number of ketones is 1. The van der Waals surface area contributed by atoms with Gasteiger partial charge in [-0.25, -0.2) is 0 Å².